The maximum atomic E-state index is 13.0. The van der Waals surface area contributed by atoms with Crippen molar-refractivity contribution in [3.05, 3.63) is 59.9 Å². The minimum Gasteiger partial charge on any atom is -0.378 e. The third-order valence-electron chi connectivity index (χ3n) is 6.73. The maximum absolute atomic E-state index is 13.0. The number of benzene rings is 1. The van der Waals surface area contributed by atoms with Gasteiger partial charge in [0.2, 0.25) is 0 Å². The molecule has 0 N–H and O–H groups in total. The molecule has 2 aliphatic heterocycles. The summed E-state index contributed by atoms with van der Waals surface area (Å²) in [5.74, 6) is 1.04. The van der Waals surface area contributed by atoms with Gasteiger partial charge >= 0.3 is 0 Å². The van der Waals surface area contributed by atoms with Crippen LogP contribution in [0.5, 0.6) is 0 Å². The smallest absolute Gasteiger partial charge is 0.253 e. The lowest BCUT2D eigenvalue weighted by Crippen LogP contribution is -2.36. The summed E-state index contributed by atoms with van der Waals surface area (Å²) < 4.78 is 6.55. The van der Waals surface area contributed by atoms with Gasteiger partial charge in [-0.05, 0) is 83.3 Å². The molecule has 36 heavy (non-hydrogen) atoms. The zero-order valence-corrected chi connectivity index (χ0v) is 22.6. The first-order valence-corrected chi connectivity index (χ1v) is 13.5. The average Bonchev–Trinajstić information content (AvgIpc) is 2.95. The number of aliphatic imine (C=N–C) groups is 1. The third-order valence-corrected chi connectivity index (χ3v) is 7.60. The van der Waals surface area contributed by atoms with Crippen molar-refractivity contribution in [3.8, 4) is 11.1 Å². The number of ether oxygens (including phenoxy) is 1. The lowest BCUT2D eigenvalue weighted by molar-refractivity contribution is 0.0724. The summed E-state index contributed by atoms with van der Waals surface area (Å²) in [6.07, 6.45) is 8.94. The summed E-state index contributed by atoms with van der Waals surface area (Å²) in [5.41, 5.74) is 4.57. The molecule has 8 heteroatoms. The monoisotopic (exact) mass is 595 g/mol. The summed E-state index contributed by atoms with van der Waals surface area (Å²) >= 11 is 2.30. The molecule has 2 fully saturated rings. The van der Waals surface area contributed by atoms with Crippen LogP contribution >= 0.6 is 22.6 Å². The second-order valence-corrected chi connectivity index (χ2v) is 10.2. The van der Waals surface area contributed by atoms with Crippen molar-refractivity contribution in [2.24, 2.45) is 4.99 Å². The van der Waals surface area contributed by atoms with Gasteiger partial charge < -0.3 is 14.5 Å². The quantitative estimate of drug-likeness (QED) is 0.298. The molecular weight excluding hydrogens is 565 g/mol. The van der Waals surface area contributed by atoms with Crippen LogP contribution in [0.1, 0.15) is 35.3 Å². The number of pyridine rings is 2. The van der Waals surface area contributed by atoms with Crippen LogP contribution < -0.4 is 4.90 Å². The molecule has 0 unspecified atom stereocenters. The van der Waals surface area contributed by atoms with Gasteiger partial charge in [0.1, 0.15) is 17.0 Å². The first-order chi connectivity index (χ1) is 17.7. The van der Waals surface area contributed by atoms with E-state index >= 15 is 0 Å². The van der Waals surface area contributed by atoms with Gasteiger partial charge in [0.05, 0.1) is 13.2 Å². The second kappa shape index (κ2) is 11.5. The molecule has 5 rings (SSSR count). The second-order valence-electron chi connectivity index (χ2n) is 9.04. The molecule has 0 spiro atoms. The largest absolute Gasteiger partial charge is 0.378 e. The highest BCUT2D eigenvalue weighted by Gasteiger charge is 2.20. The summed E-state index contributed by atoms with van der Waals surface area (Å²) in [6, 6.07) is 12.2. The number of amides is 1. The Labute approximate surface area is 225 Å². The number of nitrogens with zero attached hydrogens (tertiary/aromatic N) is 5. The van der Waals surface area contributed by atoms with E-state index in [0.29, 0.717) is 13.2 Å². The molecule has 2 aromatic heterocycles. The van der Waals surface area contributed by atoms with Crippen molar-refractivity contribution in [1.82, 2.24) is 14.9 Å². The van der Waals surface area contributed by atoms with Gasteiger partial charge in [0.15, 0.2) is 0 Å². The van der Waals surface area contributed by atoms with Crippen LogP contribution in [0.15, 0.2) is 53.7 Å². The van der Waals surface area contributed by atoms with Crippen LogP contribution in [0.2, 0.25) is 0 Å². The Hall–Kier alpha value is -2.85. The number of rotatable bonds is 5. The van der Waals surface area contributed by atoms with E-state index < -0.39 is 0 Å². The Morgan fingerprint density at radius 3 is 2.53 bits per heavy atom. The predicted octanol–water partition coefficient (Wildman–Crippen LogP) is 5.24. The molecule has 0 bridgehead atoms. The fourth-order valence-electron chi connectivity index (χ4n) is 4.80. The van der Waals surface area contributed by atoms with E-state index in [0.717, 1.165) is 81.7 Å². The highest BCUT2D eigenvalue weighted by Crippen LogP contribution is 2.35. The molecule has 0 radical (unpaired) electrons. The van der Waals surface area contributed by atoms with Crippen molar-refractivity contribution in [2.75, 3.05) is 51.3 Å². The zero-order chi connectivity index (χ0) is 24.9. The van der Waals surface area contributed by atoms with Crippen LogP contribution in [0.4, 0.5) is 5.82 Å². The Bertz CT molecular complexity index is 1290. The number of fused-ring (bicyclic) bond motifs is 1. The highest BCUT2D eigenvalue weighted by atomic mass is 127. The Morgan fingerprint density at radius 1 is 1.06 bits per heavy atom. The molecule has 2 aliphatic rings. The van der Waals surface area contributed by atoms with E-state index in [4.69, 9.17) is 9.72 Å². The lowest BCUT2D eigenvalue weighted by atomic mass is 9.99. The van der Waals surface area contributed by atoms with E-state index in [1.54, 1.807) is 13.3 Å². The molecule has 186 valence electrons. The van der Waals surface area contributed by atoms with Gasteiger partial charge in [-0.15, -0.1) is 0 Å². The lowest BCUT2D eigenvalue weighted by Gasteiger charge is -2.28. The number of piperidine rings is 1. The van der Waals surface area contributed by atoms with E-state index in [1.807, 2.05) is 35.4 Å². The molecule has 1 aromatic carbocycles. The Balaban J connectivity index is 1.59. The normalized spacial score (nSPS) is 17.2. The number of hydrogen-bond acceptors (Lipinski definition) is 6. The molecule has 0 atom stereocenters. The van der Waals surface area contributed by atoms with Crippen molar-refractivity contribution >= 4 is 55.0 Å². The molecule has 3 aromatic rings. The maximum Gasteiger partial charge on any atom is 0.253 e. The van der Waals surface area contributed by atoms with E-state index in [9.17, 15) is 4.79 Å². The fraction of sp³-hybridized carbons (Fsp3) is 0.357. The molecule has 0 aliphatic carbocycles. The number of likely N-dealkylation sites (tertiary alicyclic amines) is 1. The molecule has 0 saturated carbocycles. The highest BCUT2D eigenvalue weighted by molar-refractivity contribution is 14.1. The average molecular weight is 595 g/mol. The van der Waals surface area contributed by atoms with Crippen molar-refractivity contribution in [3.63, 3.8) is 0 Å². The topological polar surface area (TPSA) is 70.9 Å². The summed E-state index contributed by atoms with van der Waals surface area (Å²) in [7, 11) is 1.75. The van der Waals surface area contributed by atoms with Gasteiger partial charge in [0.25, 0.3) is 5.91 Å². The number of carbonyl (C=O) groups is 1. The summed E-state index contributed by atoms with van der Waals surface area (Å²) in [5, 5.41) is 1.03. The number of morpholine rings is 1. The molecule has 2 saturated heterocycles. The molecule has 4 heterocycles. The van der Waals surface area contributed by atoms with Gasteiger partial charge in [-0.1, -0.05) is 12.1 Å². The number of allylic oxidation sites excluding steroid dienone is 1. The van der Waals surface area contributed by atoms with Crippen molar-refractivity contribution < 1.29 is 9.53 Å². The SMILES string of the molecule is CN=C/C=C(\I)c1nccc2c(-c3ccc(C(=O)N4CCCCC4)cc3)cc(N3CCOCC3)nc12. The predicted molar refractivity (Wildman–Crippen MR) is 154 cm³/mol. The number of anilines is 1. The minimum absolute atomic E-state index is 0.124. The van der Waals surface area contributed by atoms with Gasteiger partial charge in [-0.3, -0.25) is 14.8 Å². The van der Waals surface area contributed by atoms with Crippen LogP contribution in [0.3, 0.4) is 0 Å². The van der Waals surface area contributed by atoms with Crippen LogP contribution in [-0.2, 0) is 4.74 Å². The Kier molecular flexibility index (Phi) is 7.91. The first kappa shape index (κ1) is 24.8. The third kappa shape index (κ3) is 5.29. The molecular formula is C28H30IN5O2. The minimum atomic E-state index is 0.124. The number of hydrogen-bond donors (Lipinski definition) is 0. The Morgan fingerprint density at radius 2 is 1.81 bits per heavy atom. The van der Waals surface area contributed by atoms with Crippen molar-refractivity contribution in [2.45, 2.75) is 19.3 Å². The standard InChI is InChI=1S/C28H30IN5O2/c1-30-11-10-24(29)27-26-22(9-12-31-27)23(19-25(32-26)33-15-17-36-18-16-33)20-5-7-21(8-6-20)28(35)34-13-3-2-4-14-34/h5-12,19H,2-4,13-18H2,1H3/b24-10-,30-11?. The molecule has 7 nitrogen and oxygen atoms in total. The van der Waals surface area contributed by atoms with E-state index in [2.05, 4.69) is 55.7 Å². The van der Waals surface area contributed by atoms with Crippen molar-refractivity contribution in [1.29, 1.82) is 0 Å². The zero-order valence-electron chi connectivity index (χ0n) is 20.5. The fourth-order valence-corrected chi connectivity index (χ4v) is 5.35. The van der Waals surface area contributed by atoms with Gasteiger partial charge in [-0.2, -0.15) is 0 Å². The van der Waals surface area contributed by atoms with E-state index in [-0.39, 0.29) is 5.91 Å². The summed E-state index contributed by atoms with van der Waals surface area (Å²) in [6.45, 7) is 4.67. The number of halogens is 1. The van der Waals surface area contributed by atoms with Crippen LogP contribution in [-0.4, -0.2) is 73.4 Å². The van der Waals surface area contributed by atoms with Gasteiger partial charge in [0, 0.05) is 60.2 Å². The molecule has 1 amide bonds. The van der Waals surface area contributed by atoms with Gasteiger partial charge in [-0.25, -0.2) is 4.98 Å². The van der Waals surface area contributed by atoms with Crippen LogP contribution in [0.25, 0.3) is 25.6 Å². The first-order valence-electron chi connectivity index (χ1n) is 12.5. The van der Waals surface area contributed by atoms with Crippen LogP contribution in [0, 0.1) is 0 Å². The summed E-state index contributed by atoms with van der Waals surface area (Å²) in [4.78, 5) is 31.1. The van der Waals surface area contributed by atoms with E-state index in [1.165, 1.54) is 6.42 Å². The number of carbonyl (C=O) groups excluding carboxylic acids is 1. The number of aromatic nitrogens is 2.